The molecule has 0 aliphatic rings. The Morgan fingerprint density at radius 2 is 2.29 bits per heavy atom. The maximum absolute atomic E-state index is 13.1. The smallest absolute Gasteiger partial charge is 0.339 e. The van der Waals surface area contributed by atoms with E-state index in [4.69, 9.17) is 9.84 Å². The lowest BCUT2D eigenvalue weighted by Crippen LogP contribution is -2.12. The van der Waals surface area contributed by atoms with E-state index in [1.807, 2.05) is 0 Å². The molecule has 5 heteroatoms. The van der Waals surface area contributed by atoms with Crippen molar-refractivity contribution in [2.24, 2.45) is 0 Å². The Bertz CT molecular complexity index is 352. The second kappa shape index (κ2) is 4.04. The SMILES string of the molecule is CC(C)Oc1c(C(=O)O)ccnc1F. The number of aromatic carboxylic acids is 1. The number of halogens is 1. The highest BCUT2D eigenvalue weighted by molar-refractivity contribution is 5.90. The Hall–Kier alpha value is -1.65. The number of aromatic nitrogens is 1. The van der Waals surface area contributed by atoms with E-state index in [1.165, 1.54) is 6.07 Å². The van der Waals surface area contributed by atoms with Gasteiger partial charge in [0.05, 0.1) is 6.10 Å². The summed E-state index contributed by atoms with van der Waals surface area (Å²) < 4.78 is 18.1. The highest BCUT2D eigenvalue weighted by atomic mass is 19.1. The van der Waals surface area contributed by atoms with Gasteiger partial charge in [0.1, 0.15) is 5.56 Å². The molecule has 0 atom stereocenters. The van der Waals surface area contributed by atoms with Gasteiger partial charge in [0.2, 0.25) is 0 Å². The van der Waals surface area contributed by atoms with Crippen LogP contribution < -0.4 is 4.74 Å². The van der Waals surface area contributed by atoms with Crippen LogP contribution in [0.4, 0.5) is 4.39 Å². The van der Waals surface area contributed by atoms with Crippen LogP contribution in [0.5, 0.6) is 5.75 Å². The third-order valence-electron chi connectivity index (χ3n) is 1.45. The molecule has 0 fully saturated rings. The summed E-state index contributed by atoms with van der Waals surface area (Å²) in [5, 5.41) is 8.73. The van der Waals surface area contributed by atoms with Gasteiger partial charge >= 0.3 is 5.97 Å². The van der Waals surface area contributed by atoms with Crippen molar-refractivity contribution >= 4 is 5.97 Å². The quantitative estimate of drug-likeness (QED) is 0.753. The number of pyridine rings is 1. The maximum atomic E-state index is 13.1. The number of hydrogen-bond acceptors (Lipinski definition) is 3. The van der Waals surface area contributed by atoms with E-state index in [2.05, 4.69) is 4.98 Å². The van der Waals surface area contributed by atoms with Gasteiger partial charge in [0.25, 0.3) is 5.95 Å². The number of carboxylic acid groups (broad SMARTS) is 1. The summed E-state index contributed by atoms with van der Waals surface area (Å²) in [6.45, 7) is 3.36. The molecule has 0 aliphatic heterocycles. The standard InChI is InChI=1S/C9H10FNO3/c1-5(2)14-7-6(9(12)13)3-4-11-8(7)10/h3-5H,1-2H3,(H,12,13). The van der Waals surface area contributed by atoms with E-state index < -0.39 is 11.9 Å². The topological polar surface area (TPSA) is 59.4 Å². The molecule has 0 radical (unpaired) electrons. The second-order valence-corrected chi connectivity index (χ2v) is 2.95. The molecule has 14 heavy (non-hydrogen) atoms. The Morgan fingerprint density at radius 3 is 2.79 bits per heavy atom. The fourth-order valence-corrected chi connectivity index (χ4v) is 0.939. The fourth-order valence-electron chi connectivity index (χ4n) is 0.939. The number of nitrogens with zero attached hydrogens (tertiary/aromatic N) is 1. The van der Waals surface area contributed by atoms with Gasteiger partial charge in [-0.3, -0.25) is 0 Å². The first-order valence-corrected chi connectivity index (χ1v) is 4.07. The average molecular weight is 199 g/mol. The van der Waals surface area contributed by atoms with Gasteiger partial charge in [0, 0.05) is 6.20 Å². The number of rotatable bonds is 3. The van der Waals surface area contributed by atoms with Gasteiger partial charge < -0.3 is 9.84 Å². The molecule has 0 aliphatic carbocycles. The number of carboxylic acids is 1. The molecule has 0 bridgehead atoms. The molecule has 76 valence electrons. The predicted molar refractivity (Wildman–Crippen MR) is 46.9 cm³/mol. The zero-order valence-electron chi connectivity index (χ0n) is 7.82. The van der Waals surface area contributed by atoms with Crippen molar-refractivity contribution in [3.8, 4) is 5.75 Å². The maximum Gasteiger partial charge on any atom is 0.339 e. The molecule has 0 saturated heterocycles. The summed E-state index contributed by atoms with van der Waals surface area (Å²) in [6.07, 6.45) is 0.790. The molecule has 0 aromatic carbocycles. The predicted octanol–water partition coefficient (Wildman–Crippen LogP) is 1.71. The van der Waals surface area contributed by atoms with Crippen LogP contribution in [0.3, 0.4) is 0 Å². The number of carbonyl (C=O) groups is 1. The van der Waals surface area contributed by atoms with Gasteiger partial charge in [0.15, 0.2) is 5.75 Å². The van der Waals surface area contributed by atoms with Gasteiger partial charge in [-0.05, 0) is 19.9 Å². The molecule has 0 amide bonds. The van der Waals surface area contributed by atoms with Gasteiger partial charge in [-0.2, -0.15) is 4.39 Å². The van der Waals surface area contributed by atoms with Crippen LogP contribution in [0, 0.1) is 5.95 Å². The van der Waals surface area contributed by atoms with Crippen LogP contribution in [-0.2, 0) is 0 Å². The Balaban J connectivity index is 3.15. The Morgan fingerprint density at radius 1 is 1.64 bits per heavy atom. The van der Waals surface area contributed by atoms with Crippen molar-refractivity contribution in [2.45, 2.75) is 20.0 Å². The molecule has 0 spiro atoms. The lowest BCUT2D eigenvalue weighted by Gasteiger charge is -2.11. The largest absolute Gasteiger partial charge is 0.485 e. The zero-order valence-corrected chi connectivity index (χ0v) is 7.82. The highest BCUT2D eigenvalue weighted by Gasteiger charge is 2.17. The third-order valence-corrected chi connectivity index (χ3v) is 1.45. The molecule has 1 N–H and O–H groups in total. The Kier molecular flexibility index (Phi) is 3.01. The van der Waals surface area contributed by atoms with Crippen LogP contribution in [0.25, 0.3) is 0 Å². The number of hydrogen-bond donors (Lipinski definition) is 1. The summed E-state index contributed by atoms with van der Waals surface area (Å²) in [4.78, 5) is 14.0. The summed E-state index contributed by atoms with van der Waals surface area (Å²) in [7, 11) is 0. The zero-order chi connectivity index (χ0) is 10.7. The molecule has 1 aromatic rings. The highest BCUT2D eigenvalue weighted by Crippen LogP contribution is 2.21. The molecule has 1 aromatic heterocycles. The van der Waals surface area contributed by atoms with Crippen LogP contribution >= 0.6 is 0 Å². The van der Waals surface area contributed by atoms with E-state index in [1.54, 1.807) is 13.8 Å². The molecule has 0 saturated carbocycles. The monoisotopic (exact) mass is 199 g/mol. The van der Waals surface area contributed by atoms with Gasteiger partial charge in [-0.1, -0.05) is 0 Å². The molecule has 1 rings (SSSR count). The summed E-state index contributed by atoms with van der Waals surface area (Å²) in [5.74, 6) is -2.45. The van der Waals surface area contributed by atoms with Crippen LogP contribution in [0.15, 0.2) is 12.3 Å². The summed E-state index contributed by atoms with van der Waals surface area (Å²) >= 11 is 0. The third kappa shape index (κ3) is 2.18. The van der Waals surface area contributed by atoms with Crippen LogP contribution in [0.2, 0.25) is 0 Å². The van der Waals surface area contributed by atoms with Crippen molar-refractivity contribution in [3.63, 3.8) is 0 Å². The summed E-state index contributed by atoms with van der Waals surface area (Å²) in [5.41, 5.74) is -0.216. The van der Waals surface area contributed by atoms with E-state index in [0.29, 0.717) is 0 Å². The van der Waals surface area contributed by atoms with E-state index in [-0.39, 0.29) is 17.4 Å². The second-order valence-electron chi connectivity index (χ2n) is 2.95. The lowest BCUT2D eigenvalue weighted by atomic mass is 10.2. The van der Waals surface area contributed by atoms with Crippen molar-refractivity contribution in [1.82, 2.24) is 4.98 Å². The minimum Gasteiger partial charge on any atom is -0.485 e. The minimum atomic E-state index is -1.23. The summed E-state index contributed by atoms with van der Waals surface area (Å²) in [6, 6.07) is 1.20. The van der Waals surface area contributed by atoms with Crippen molar-refractivity contribution in [2.75, 3.05) is 0 Å². The minimum absolute atomic E-state index is 0.216. The average Bonchev–Trinajstić information content (AvgIpc) is 2.07. The van der Waals surface area contributed by atoms with Gasteiger partial charge in [-0.15, -0.1) is 0 Å². The lowest BCUT2D eigenvalue weighted by molar-refractivity contribution is 0.0688. The van der Waals surface area contributed by atoms with Gasteiger partial charge in [-0.25, -0.2) is 9.78 Å². The van der Waals surface area contributed by atoms with Crippen molar-refractivity contribution in [3.05, 3.63) is 23.8 Å². The molecular weight excluding hydrogens is 189 g/mol. The first-order valence-electron chi connectivity index (χ1n) is 4.07. The van der Waals surface area contributed by atoms with Crippen LogP contribution in [-0.4, -0.2) is 22.2 Å². The van der Waals surface area contributed by atoms with Crippen molar-refractivity contribution in [1.29, 1.82) is 0 Å². The Labute approximate surface area is 80.3 Å². The van der Waals surface area contributed by atoms with E-state index in [9.17, 15) is 9.18 Å². The normalized spacial score (nSPS) is 10.3. The molecule has 0 unspecified atom stereocenters. The number of ether oxygens (including phenoxy) is 1. The van der Waals surface area contributed by atoms with E-state index in [0.717, 1.165) is 6.20 Å². The van der Waals surface area contributed by atoms with Crippen molar-refractivity contribution < 1.29 is 19.0 Å². The van der Waals surface area contributed by atoms with Crippen LogP contribution in [0.1, 0.15) is 24.2 Å². The first-order chi connectivity index (χ1) is 6.52. The molecular formula is C9H10FNO3. The molecule has 4 nitrogen and oxygen atoms in total. The van der Waals surface area contributed by atoms with E-state index >= 15 is 0 Å². The molecule has 1 heterocycles. The fraction of sp³-hybridized carbons (Fsp3) is 0.333. The first kappa shape index (κ1) is 10.4.